The highest BCUT2D eigenvalue weighted by Gasteiger charge is 2.36. The molecule has 10 heteroatoms. The van der Waals surface area contributed by atoms with Crippen LogP contribution in [0.2, 0.25) is 0 Å². The maximum absolute atomic E-state index is 13.6. The van der Waals surface area contributed by atoms with Crippen molar-refractivity contribution < 1.29 is 19.1 Å². The molecule has 1 aromatic carbocycles. The Morgan fingerprint density at radius 2 is 1.81 bits per heavy atom. The lowest BCUT2D eigenvalue weighted by molar-refractivity contribution is -0.0334. The number of pyridine rings is 1. The van der Waals surface area contributed by atoms with Crippen LogP contribution in [0.1, 0.15) is 49.1 Å². The highest BCUT2D eigenvalue weighted by molar-refractivity contribution is 5.85. The van der Waals surface area contributed by atoms with Crippen LogP contribution in [-0.2, 0) is 22.4 Å². The van der Waals surface area contributed by atoms with Crippen LogP contribution < -0.4 is 0 Å². The van der Waals surface area contributed by atoms with Gasteiger partial charge in [-0.15, -0.1) is 0 Å². The quantitative estimate of drug-likeness (QED) is 0.482. The highest BCUT2D eigenvalue weighted by Crippen LogP contribution is 2.37. The molecular formula is C32H42N6O4. The number of H-pyrrole nitrogens is 1. The number of hydrogen-bond acceptors (Lipinski definition) is 6. The average Bonchev–Trinajstić information content (AvgIpc) is 3.35. The van der Waals surface area contributed by atoms with Gasteiger partial charge in [0, 0.05) is 69.2 Å². The number of rotatable bonds is 2. The molecule has 3 amide bonds. The van der Waals surface area contributed by atoms with E-state index in [1.165, 1.54) is 5.56 Å². The van der Waals surface area contributed by atoms with Gasteiger partial charge in [-0.2, -0.15) is 0 Å². The number of amides is 3. The molecule has 0 radical (unpaired) electrons. The van der Waals surface area contributed by atoms with Crippen molar-refractivity contribution in [2.24, 2.45) is 0 Å². The molecule has 1 N–H and O–H groups in total. The van der Waals surface area contributed by atoms with Crippen molar-refractivity contribution in [3.8, 4) is 11.1 Å². The van der Waals surface area contributed by atoms with Gasteiger partial charge >= 0.3 is 12.1 Å². The van der Waals surface area contributed by atoms with Crippen LogP contribution in [-0.4, -0.2) is 107 Å². The lowest BCUT2D eigenvalue weighted by atomic mass is 9.87. The molecular weight excluding hydrogens is 532 g/mol. The van der Waals surface area contributed by atoms with E-state index in [0.717, 1.165) is 71.5 Å². The minimum atomic E-state index is -0.609. The smallest absolute Gasteiger partial charge is 0.410 e. The van der Waals surface area contributed by atoms with Gasteiger partial charge in [-0.1, -0.05) is 6.07 Å². The molecule has 10 nitrogen and oxygen atoms in total. The molecule has 42 heavy (non-hydrogen) atoms. The number of urea groups is 1. The number of aryl methyl sites for hydroxylation is 1. The van der Waals surface area contributed by atoms with Crippen LogP contribution in [0, 0.1) is 6.92 Å². The van der Waals surface area contributed by atoms with Crippen molar-refractivity contribution in [2.45, 2.75) is 52.3 Å². The number of ether oxygens (including phenoxy) is 2. The minimum Gasteiger partial charge on any atom is -0.444 e. The first kappa shape index (κ1) is 28.5. The zero-order chi connectivity index (χ0) is 29.6. The topological polar surface area (TPSA) is 94.2 Å². The molecule has 0 aliphatic carbocycles. The van der Waals surface area contributed by atoms with Gasteiger partial charge in [0.15, 0.2) is 0 Å². The van der Waals surface area contributed by atoms with Crippen molar-refractivity contribution in [1.82, 2.24) is 29.6 Å². The number of nitrogens with one attached hydrogen (secondary N) is 1. The number of aromatic amines is 1. The maximum Gasteiger partial charge on any atom is 0.410 e. The van der Waals surface area contributed by atoms with Crippen LogP contribution >= 0.6 is 0 Å². The molecule has 0 unspecified atom stereocenters. The van der Waals surface area contributed by atoms with Crippen LogP contribution in [0.4, 0.5) is 9.59 Å². The average molecular weight is 575 g/mol. The molecule has 224 valence electrons. The number of morpholine rings is 1. The third kappa shape index (κ3) is 5.70. The van der Waals surface area contributed by atoms with Crippen LogP contribution in [0.15, 0.2) is 30.6 Å². The lowest BCUT2D eigenvalue weighted by Gasteiger charge is -2.41. The van der Waals surface area contributed by atoms with Crippen LogP contribution in [0.25, 0.3) is 22.2 Å². The predicted octanol–water partition coefficient (Wildman–Crippen LogP) is 4.57. The van der Waals surface area contributed by atoms with E-state index >= 15 is 0 Å². The number of benzene rings is 1. The standard InChI is InChI=1S/C32H42N6O4/c1-21-17-33-29-25(21)16-24(18-34-29)23-14-22-6-7-37(30(39)36-10-8-35(5)9-11-36)19-27(22)26(15-23)28-20-41-13-12-38(28)31(40)42-32(2,3)4/h14-18,28H,6-13,19-20H2,1-5H3,(H,33,34)/t28-/m0/s1. The van der Waals surface area contributed by atoms with Gasteiger partial charge in [-0.3, -0.25) is 4.90 Å². The summed E-state index contributed by atoms with van der Waals surface area (Å²) in [5.74, 6) is 0. The predicted molar refractivity (Wildman–Crippen MR) is 161 cm³/mol. The van der Waals surface area contributed by atoms with Crippen LogP contribution in [0.5, 0.6) is 0 Å². The zero-order valence-corrected chi connectivity index (χ0v) is 25.4. The van der Waals surface area contributed by atoms with Crippen LogP contribution in [0.3, 0.4) is 0 Å². The summed E-state index contributed by atoms with van der Waals surface area (Å²) < 4.78 is 11.8. The van der Waals surface area contributed by atoms with E-state index in [1.54, 1.807) is 4.90 Å². The van der Waals surface area contributed by atoms with Gasteiger partial charge in [0.1, 0.15) is 11.2 Å². The third-order valence-electron chi connectivity index (χ3n) is 8.61. The fourth-order valence-electron chi connectivity index (χ4n) is 6.22. The molecule has 0 bridgehead atoms. The molecule has 3 aromatic rings. The van der Waals surface area contributed by atoms with Crippen molar-refractivity contribution in [3.63, 3.8) is 0 Å². The molecule has 2 fully saturated rings. The third-order valence-corrected chi connectivity index (χ3v) is 8.61. The second kappa shape index (κ2) is 11.2. The Balaban J connectivity index is 1.40. The number of likely N-dealkylation sites (N-methyl/N-ethyl adjacent to an activating group) is 1. The minimum absolute atomic E-state index is 0.0882. The normalized spacial score (nSPS) is 20.1. The van der Waals surface area contributed by atoms with Crippen molar-refractivity contribution in [2.75, 3.05) is 59.5 Å². The van der Waals surface area contributed by atoms with E-state index in [2.05, 4.69) is 47.0 Å². The molecule has 3 aliphatic heterocycles. The Kier molecular flexibility index (Phi) is 7.61. The SMILES string of the molecule is Cc1c[nH]c2ncc(-c3cc4c(c([C@@H]5COCCN5C(=O)OC(C)(C)C)c3)CN(C(=O)N3CCN(C)CC3)CC4)cc12. The summed E-state index contributed by atoms with van der Waals surface area (Å²) in [5, 5.41) is 1.09. The summed E-state index contributed by atoms with van der Waals surface area (Å²) in [6.45, 7) is 13.4. The second-order valence-electron chi connectivity index (χ2n) is 12.8. The number of fused-ring (bicyclic) bond motifs is 2. The summed E-state index contributed by atoms with van der Waals surface area (Å²) in [6, 6.07) is 6.35. The van der Waals surface area contributed by atoms with E-state index < -0.39 is 5.60 Å². The summed E-state index contributed by atoms with van der Waals surface area (Å²) in [7, 11) is 2.09. The summed E-state index contributed by atoms with van der Waals surface area (Å²) in [4.78, 5) is 43.0. The van der Waals surface area contributed by atoms with Gasteiger partial charge < -0.3 is 29.2 Å². The van der Waals surface area contributed by atoms with E-state index in [-0.39, 0.29) is 18.2 Å². The van der Waals surface area contributed by atoms with E-state index in [1.807, 2.05) is 43.0 Å². The molecule has 2 saturated heterocycles. The number of nitrogens with zero attached hydrogens (tertiary/aromatic N) is 5. The Bertz CT molecular complexity index is 1490. The molecule has 6 rings (SSSR count). The molecule has 0 saturated carbocycles. The molecule has 3 aliphatic rings. The number of aromatic nitrogens is 2. The lowest BCUT2D eigenvalue weighted by Crippen LogP contribution is -2.53. The maximum atomic E-state index is 13.6. The largest absolute Gasteiger partial charge is 0.444 e. The van der Waals surface area contributed by atoms with Gasteiger partial charge in [0.25, 0.3) is 0 Å². The first-order valence-electron chi connectivity index (χ1n) is 15.0. The summed E-state index contributed by atoms with van der Waals surface area (Å²) >= 11 is 0. The first-order chi connectivity index (χ1) is 20.1. The molecule has 5 heterocycles. The summed E-state index contributed by atoms with van der Waals surface area (Å²) in [5.41, 5.74) is 6.78. The second-order valence-corrected chi connectivity index (χ2v) is 12.8. The molecule has 0 spiro atoms. The Morgan fingerprint density at radius 1 is 1.02 bits per heavy atom. The number of piperazine rings is 1. The van der Waals surface area contributed by atoms with Gasteiger partial charge in [0.05, 0.1) is 19.3 Å². The van der Waals surface area contributed by atoms with E-state index in [0.29, 0.717) is 32.8 Å². The van der Waals surface area contributed by atoms with Gasteiger partial charge in [0.2, 0.25) is 0 Å². The Morgan fingerprint density at radius 3 is 2.57 bits per heavy atom. The van der Waals surface area contributed by atoms with Gasteiger partial charge in [-0.25, -0.2) is 14.6 Å². The van der Waals surface area contributed by atoms with Crippen molar-refractivity contribution in [1.29, 1.82) is 0 Å². The summed E-state index contributed by atoms with van der Waals surface area (Å²) in [6.07, 6.45) is 4.28. The van der Waals surface area contributed by atoms with E-state index in [9.17, 15) is 9.59 Å². The highest BCUT2D eigenvalue weighted by atomic mass is 16.6. The Labute approximate surface area is 247 Å². The monoisotopic (exact) mass is 574 g/mol. The van der Waals surface area contributed by atoms with E-state index in [4.69, 9.17) is 9.47 Å². The molecule has 2 aromatic heterocycles. The number of hydrogen-bond donors (Lipinski definition) is 1. The number of carbonyl (C=O) groups is 2. The first-order valence-corrected chi connectivity index (χ1v) is 15.0. The Hall–Kier alpha value is -3.63. The fourth-order valence-corrected chi connectivity index (χ4v) is 6.22. The van der Waals surface area contributed by atoms with Crippen molar-refractivity contribution >= 4 is 23.2 Å². The van der Waals surface area contributed by atoms with Crippen molar-refractivity contribution in [3.05, 3.63) is 52.8 Å². The fraction of sp³-hybridized carbons (Fsp3) is 0.531. The number of carbonyl (C=O) groups excluding carboxylic acids is 2. The molecule has 1 atom stereocenters. The zero-order valence-electron chi connectivity index (χ0n) is 25.4. The van der Waals surface area contributed by atoms with Gasteiger partial charge in [-0.05, 0) is 81.1 Å².